The largest absolute Gasteiger partial charge is 0.492 e. The van der Waals surface area contributed by atoms with Crippen molar-refractivity contribution in [3.05, 3.63) is 47.8 Å². The summed E-state index contributed by atoms with van der Waals surface area (Å²) in [6, 6.07) is 9.88. The van der Waals surface area contributed by atoms with E-state index in [9.17, 15) is 0 Å². The van der Waals surface area contributed by atoms with Gasteiger partial charge in [0.2, 0.25) is 0 Å². The number of benzene rings is 1. The predicted octanol–water partition coefficient (Wildman–Crippen LogP) is 2.77. The number of nitrogens with one attached hydrogen (secondary N) is 1. The van der Waals surface area contributed by atoms with Gasteiger partial charge in [0.1, 0.15) is 12.4 Å². The van der Waals surface area contributed by atoms with Gasteiger partial charge in [-0.3, -0.25) is 4.68 Å². The zero-order chi connectivity index (χ0) is 14.2. The number of ether oxygens (including phenoxy) is 1. The molecule has 2 rings (SSSR count). The standard InChI is InChI=1S/C16H23N3O/c1-3-9-17-12-15-13-18-19(14(15)2)10-11-20-16-7-5-4-6-8-16/h4-8,13,17H,3,9-12H2,1-2H3. The first-order chi connectivity index (χ1) is 9.81. The average Bonchev–Trinajstić information content (AvgIpc) is 2.82. The van der Waals surface area contributed by atoms with Crippen LogP contribution < -0.4 is 10.1 Å². The topological polar surface area (TPSA) is 39.1 Å². The van der Waals surface area contributed by atoms with E-state index in [1.165, 1.54) is 11.3 Å². The Morgan fingerprint density at radius 3 is 2.80 bits per heavy atom. The van der Waals surface area contributed by atoms with Crippen LogP contribution in [-0.4, -0.2) is 22.9 Å². The molecule has 0 amide bonds. The Hall–Kier alpha value is -1.81. The van der Waals surface area contributed by atoms with Crippen molar-refractivity contribution >= 4 is 0 Å². The molecule has 0 saturated heterocycles. The molecule has 0 spiro atoms. The summed E-state index contributed by atoms with van der Waals surface area (Å²) in [5.41, 5.74) is 2.48. The molecule has 4 heteroatoms. The lowest BCUT2D eigenvalue weighted by molar-refractivity contribution is 0.290. The number of aromatic nitrogens is 2. The number of rotatable bonds is 8. The molecule has 1 N–H and O–H groups in total. The van der Waals surface area contributed by atoms with Gasteiger partial charge in [-0.25, -0.2) is 0 Å². The smallest absolute Gasteiger partial charge is 0.119 e. The molecule has 4 nitrogen and oxygen atoms in total. The van der Waals surface area contributed by atoms with E-state index >= 15 is 0 Å². The van der Waals surface area contributed by atoms with E-state index in [2.05, 4.69) is 24.3 Å². The number of hydrogen-bond acceptors (Lipinski definition) is 3. The summed E-state index contributed by atoms with van der Waals surface area (Å²) in [5.74, 6) is 0.905. The van der Waals surface area contributed by atoms with Crippen LogP contribution in [0.5, 0.6) is 5.75 Å². The Kier molecular flexibility index (Phi) is 5.62. The normalized spacial score (nSPS) is 10.7. The zero-order valence-electron chi connectivity index (χ0n) is 12.3. The van der Waals surface area contributed by atoms with Crippen LogP contribution in [0.4, 0.5) is 0 Å². The Bertz CT molecular complexity index is 508. The van der Waals surface area contributed by atoms with E-state index in [0.29, 0.717) is 6.61 Å². The second kappa shape index (κ2) is 7.70. The first kappa shape index (κ1) is 14.6. The van der Waals surface area contributed by atoms with Crippen molar-refractivity contribution in [2.24, 2.45) is 0 Å². The fourth-order valence-electron chi connectivity index (χ4n) is 2.05. The van der Waals surface area contributed by atoms with Crippen LogP contribution in [0.15, 0.2) is 36.5 Å². The van der Waals surface area contributed by atoms with Gasteiger partial charge in [-0.05, 0) is 32.0 Å². The molecule has 1 heterocycles. The summed E-state index contributed by atoms with van der Waals surface area (Å²) >= 11 is 0. The van der Waals surface area contributed by atoms with E-state index in [1.807, 2.05) is 41.2 Å². The zero-order valence-corrected chi connectivity index (χ0v) is 12.3. The molecule has 0 atom stereocenters. The summed E-state index contributed by atoms with van der Waals surface area (Å²) in [4.78, 5) is 0. The first-order valence-corrected chi connectivity index (χ1v) is 7.21. The quantitative estimate of drug-likeness (QED) is 0.752. The summed E-state index contributed by atoms with van der Waals surface area (Å²) in [6.07, 6.45) is 3.10. The highest BCUT2D eigenvalue weighted by Gasteiger charge is 2.05. The van der Waals surface area contributed by atoms with E-state index in [4.69, 9.17) is 4.74 Å². The highest BCUT2D eigenvalue weighted by molar-refractivity contribution is 5.21. The lowest BCUT2D eigenvalue weighted by Gasteiger charge is -2.08. The number of hydrogen-bond donors (Lipinski definition) is 1. The van der Waals surface area contributed by atoms with Gasteiger partial charge < -0.3 is 10.1 Å². The maximum absolute atomic E-state index is 5.70. The lowest BCUT2D eigenvalue weighted by atomic mass is 10.2. The molecule has 0 aliphatic carbocycles. The molecular weight excluding hydrogens is 250 g/mol. The second-order valence-corrected chi connectivity index (χ2v) is 4.82. The number of nitrogens with zero attached hydrogens (tertiary/aromatic N) is 2. The van der Waals surface area contributed by atoms with Crippen molar-refractivity contribution < 1.29 is 4.74 Å². The van der Waals surface area contributed by atoms with Crippen molar-refractivity contribution in [2.45, 2.75) is 33.4 Å². The molecule has 108 valence electrons. The highest BCUT2D eigenvalue weighted by Crippen LogP contribution is 2.10. The molecule has 0 bridgehead atoms. The Morgan fingerprint density at radius 2 is 2.05 bits per heavy atom. The van der Waals surface area contributed by atoms with Gasteiger partial charge in [0.15, 0.2) is 0 Å². The second-order valence-electron chi connectivity index (χ2n) is 4.82. The van der Waals surface area contributed by atoms with Gasteiger partial charge in [-0.15, -0.1) is 0 Å². The predicted molar refractivity (Wildman–Crippen MR) is 80.9 cm³/mol. The van der Waals surface area contributed by atoms with Gasteiger partial charge in [-0.2, -0.15) is 5.10 Å². The van der Waals surface area contributed by atoms with Crippen LogP contribution in [0.1, 0.15) is 24.6 Å². The van der Waals surface area contributed by atoms with Crippen LogP contribution >= 0.6 is 0 Å². The van der Waals surface area contributed by atoms with Gasteiger partial charge in [0.25, 0.3) is 0 Å². The minimum atomic E-state index is 0.633. The van der Waals surface area contributed by atoms with Crippen LogP contribution in [0.3, 0.4) is 0 Å². The molecule has 0 unspecified atom stereocenters. The third-order valence-corrected chi connectivity index (χ3v) is 3.26. The lowest BCUT2D eigenvalue weighted by Crippen LogP contribution is -2.15. The summed E-state index contributed by atoms with van der Waals surface area (Å²) < 4.78 is 7.70. The molecular formula is C16H23N3O. The average molecular weight is 273 g/mol. The van der Waals surface area contributed by atoms with Crippen LogP contribution in [-0.2, 0) is 13.1 Å². The summed E-state index contributed by atoms with van der Waals surface area (Å²) in [7, 11) is 0. The maximum atomic E-state index is 5.70. The van der Waals surface area contributed by atoms with Crippen molar-refractivity contribution in [3.8, 4) is 5.75 Å². The molecule has 2 aromatic rings. The Morgan fingerprint density at radius 1 is 1.25 bits per heavy atom. The van der Waals surface area contributed by atoms with Crippen LogP contribution in [0, 0.1) is 6.92 Å². The third kappa shape index (κ3) is 4.10. The Labute approximate surface area is 120 Å². The summed E-state index contributed by atoms with van der Waals surface area (Å²) in [6.45, 7) is 7.62. The van der Waals surface area contributed by atoms with E-state index in [1.54, 1.807) is 0 Å². The van der Waals surface area contributed by atoms with Crippen molar-refractivity contribution in [3.63, 3.8) is 0 Å². The van der Waals surface area contributed by atoms with Gasteiger partial charge in [0, 0.05) is 17.8 Å². The molecule has 0 fully saturated rings. The molecule has 0 aliphatic heterocycles. The molecule has 1 aromatic heterocycles. The summed E-state index contributed by atoms with van der Waals surface area (Å²) in [5, 5.41) is 7.83. The Balaban J connectivity index is 1.81. The minimum absolute atomic E-state index is 0.633. The van der Waals surface area contributed by atoms with E-state index in [0.717, 1.165) is 31.8 Å². The van der Waals surface area contributed by atoms with E-state index in [-0.39, 0.29) is 0 Å². The SMILES string of the molecule is CCCNCc1cnn(CCOc2ccccc2)c1C. The fraction of sp³-hybridized carbons (Fsp3) is 0.438. The minimum Gasteiger partial charge on any atom is -0.492 e. The molecule has 0 radical (unpaired) electrons. The first-order valence-electron chi connectivity index (χ1n) is 7.21. The van der Waals surface area contributed by atoms with Crippen molar-refractivity contribution in [1.29, 1.82) is 0 Å². The molecule has 0 aliphatic rings. The maximum Gasteiger partial charge on any atom is 0.119 e. The van der Waals surface area contributed by atoms with Gasteiger partial charge in [-0.1, -0.05) is 25.1 Å². The molecule has 1 aromatic carbocycles. The number of para-hydroxylation sites is 1. The van der Waals surface area contributed by atoms with Crippen molar-refractivity contribution in [2.75, 3.05) is 13.2 Å². The highest BCUT2D eigenvalue weighted by atomic mass is 16.5. The monoisotopic (exact) mass is 273 g/mol. The van der Waals surface area contributed by atoms with E-state index < -0.39 is 0 Å². The van der Waals surface area contributed by atoms with Crippen LogP contribution in [0.2, 0.25) is 0 Å². The van der Waals surface area contributed by atoms with Gasteiger partial charge in [0.05, 0.1) is 12.7 Å². The fourth-order valence-corrected chi connectivity index (χ4v) is 2.05. The van der Waals surface area contributed by atoms with Crippen molar-refractivity contribution in [1.82, 2.24) is 15.1 Å². The van der Waals surface area contributed by atoms with Crippen LogP contribution in [0.25, 0.3) is 0 Å². The van der Waals surface area contributed by atoms with Gasteiger partial charge >= 0.3 is 0 Å². The molecule has 20 heavy (non-hydrogen) atoms. The molecule has 0 saturated carbocycles. The third-order valence-electron chi connectivity index (χ3n) is 3.26.